The van der Waals surface area contributed by atoms with Crippen LogP contribution in [0.4, 0.5) is 5.69 Å². The van der Waals surface area contributed by atoms with Gasteiger partial charge in [0.25, 0.3) is 15.9 Å². The monoisotopic (exact) mass is 438 g/mol. The highest BCUT2D eigenvalue weighted by Crippen LogP contribution is 2.15. The molecule has 0 fully saturated rings. The van der Waals surface area contributed by atoms with Crippen LogP contribution in [-0.4, -0.2) is 56.1 Å². The van der Waals surface area contributed by atoms with Gasteiger partial charge in [-0.25, -0.2) is 22.9 Å². The molecule has 2 rings (SSSR count). The van der Waals surface area contributed by atoms with Crippen molar-refractivity contribution in [3.05, 3.63) is 41.9 Å². The van der Waals surface area contributed by atoms with E-state index in [0.29, 0.717) is 5.82 Å². The molecule has 2 aromatic rings. The van der Waals surface area contributed by atoms with Gasteiger partial charge in [-0.05, 0) is 19.1 Å². The van der Waals surface area contributed by atoms with Crippen molar-refractivity contribution in [3.63, 3.8) is 0 Å². The summed E-state index contributed by atoms with van der Waals surface area (Å²) in [4.78, 5) is 39.3. The molecule has 0 unspecified atom stereocenters. The van der Waals surface area contributed by atoms with Gasteiger partial charge in [-0.2, -0.15) is 0 Å². The third-order valence-corrected chi connectivity index (χ3v) is 5.29. The Morgan fingerprint density at radius 2 is 1.90 bits per heavy atom. The molecule has 0 radical (unpaired) electrons. The molecule has 1 aromatic heterocycles. The Hall–Kier alpha value is -3.25. The van der Waals surface area contributed by atoms with Crippen molar-refractivity contribution in [1.29, 1.82) is 0 Å². The SMILES string of the molecule is COC(=O)c1ccccc1NC(=O)COC(=O)CCNS(=O)(=O)c1cn(C)c(C)n1. The molecule has 0 saturated carbocycles. The van der Waals surface area contributed by atoms with Gasteiger partial charge < -0.3 is 19.4 Å². The van der Waals surface area contributed by atoms with Crippen molar-refractivity contribution in [1.82, 2.24) is 14.3 Å². The van der Waals surface area contributed by atoms with Gasteiger partial charge in [0.05, 0.1) is 24.8 Å². The molecule has 162 valence electrons. The Bertz CT molecular complexity index is 1030. The van der Waals surface area contributed by atoms with Gasteiger partial charge in [-0.3, -0.25) is 9.59 Å². The number of anilines is 1. The van der Waals surface area contributed by atoms with E-state index in [-0.39, 0.29) is 29.2 Å². The number of esters is 2. The number of carbonyl (C=O) groups is 3. The summed E-state index contributed by atoms with van der Waals surface area (Å²) < 4.78 is 37.5. The van der Waals surface area contributed by atoms with Crippen molar-refractivity contribution in [3.8, 4) is 0 Å². The standard InChI is InChI=1S/C18H22N4O7S/c1-12-20-16(10-22(12)2)30(26,27)19-9-8-17(24)29-11-15(23)21-14-7-5-4-6-13(14)18(25)28-3/h4-7,10,19H,8-9,11H2,1-3H3,(H,21,23). The first kappa shape index (κ1) is 23.0. The molecule has 12 heteroatoms. The topological polar surface area (TPSA) is 146 Å². The average Bonchev–Trinajstić information content (AvgIpc) is 3.05. The molecule has 1 aromatic carbocycles. The summed E-state index contributed by atoms with van der Waals surface area (Å²) in [6.45, 7) is 0.842. The number of para-hydroxylation sites is 1. The van der Waals surface area contributed by atoms with E-state index in [0.717, 1.165) is 0 Å². The molecule has 0 aliphatic rings. The van der Waals surface area contributed by atoms with Gasteiger partial charge in [-0.1, -0.05) is 12.1 Å². The Balaban J connectivity index is 1.80. The van der Waals surface area contributed by atoms with E-state index in [1.807, 2.05) is 0 Å². The van der Waals surface area contributed by atoms with Crippen LogP contribution in [0, 0.1) is 6.92 Å². The molecular formula is C18H22N4O7S. The summed E-state index contributed by atoms with van der Waals surface area (Å²) in [6.07, 6.45) is 1.07. The minimum absolute atomic E-state index is 0.152. The first-order chi connectivity index (χ1) is 14.1. The summed E-state index contributed by atoms with van der Waals surface area (Å²) in [5.41, 5.74) is 0.364. The summed E-state index contributed by atoms with van der Waals surface area (Å²) in [5, 5.41) is 2.30. The van der Waals surface area contributed by atoms with Gasteiger partial charge in [0.15, 0.2) is 11.6 Å². The first-order valence-electron chi connectivity index (χ1n) is 8.76. The van der Waals surface area contributed by atoms with Gasteiger partial charge in [0.1, 0.15) is 5.82 Å². The second kappa shape index (κ2) is 9.98. The van der Waals surface area contributed by atoms with E-state index in [4.69, 9.17) is 4.74 Å². The largest absolute Gasteiger partial charge is 0.465 e. The highest BCUT2D eigenvalue weighted by atomic mass is 32.2. The molecule has 0 bridgehead atoms. The lowest BCUT2D eigenvalue weighted by molar-refractivity contribution is -0.147. The average molecular weight is 438 g/mol. The van der Waals surface area contributed by atoms with Gasteiger partial charge >= 0.3 is 11.9 Å². The highest BCUT2D eigenvalue weighted by Gasteiger charge is 2.19. The fourth-order valence-corrected chi connectivity index (χ4v) is 3.37. The number of hydrogen-bond acceptors (Lipinski definition) is 8. The number of carbonyl (C=O) groups excluding carboxylic acids is 3. The van der Waals surface area contributed by atoms with Crippen molar-refractivity contribution in [2.75, 3.05) is 25.6 Å². The quantitative estimate of drug-likeness (QED) is 0.534. The second-order valence-electron chi connectivity index (χ2n) is 6.13. The van der Waals surface area contributed by atoms with Crippen LogP contribution >= 0.6 is 0 Å². The maximum Gasteiger partial charge on any atom is 0.339 e. The molecule has 1 amide bonds. The normalized spacial score (nSPS) is 11.0. The zero-order valence-corrected chi connectivity index (χ0v) is 17.5. The molecule has 0 atom stereocenters. The van der Waals surface area contributed by atoms with Crippen LogP contribution in [0.3, 0.4) is 0 Å². The summed E-state index contributed by atoms with van der Waals surface area (Å²) in [6, 6.07) is 6.20. The third-order valence-electron chi connectivity index (χ3n) is 3.95. The zero-order valence-electron chi connectivity index (χ0n) is 16.7. The number of hydrogen-bond donors (Lipinski definition) is 2. The van der Waals surface area contributed by atoms with Crippen molar-refractivity contribution < 1.29 is 32.3 Å². The van der Waals surface area contributed by atoms with Gasteiger partial charge in [0, 0.05) is 19.8 Å². The molecule has 11 nitrogen and oxygen atoms in total. The minimum Gasteiger partial charge on any atom is -0.465 e. The van der Waals surface area contributed by atoms with Crippen LogP contribution in [0.1, 0.15) is 22.6 Å². The fraction of sp³-hybridized carbons (Fsp3) is 0.333. The van der Waals surface area contributed by atoms with Gasteiger partial charge in [-0.15, -0.1) is 0 Å². The van der Waals surface area contributed by atoms with E-state index in [2.05, 4.69) is 19.8 Å². The molecule has 0 aliphatic heterocycles. The number of benzene rings is 1. The van der Waals surface area contributed by atoms with E-state index in [9.17, 15) is 22.8 Å². The number of rotatable bonds is 9. The Morgan fingerprint density at radius 1 is 1.20 bits per heavy atom. The maximum absolute atomic E-state index is 12.1. The van der Waals surface area contributed by atoms with Crippen LogP contribution in [0.25, 0.3) is 0 Å². The number of imidazole rings is 1. The molecule has 2 N–H and O–H groups in total. The predicted octanol–water partition coefficient (Wildman–Crippen LogP) is 0.365. The maximum atomic E-state index is 12.1. The third kappa shape index (κ3) is 6.12. The molecule has 0 aliphatic carbocycles. The molecule has 1 heterocycles. The number of nitrogens with one attached hydrogen (secondary N) is 2. The molecular weight excluding hydrogens is 416 g/mol. The van der Waals surface area contributed by atoms with Crippen LogP contribution in [0.5, 0.6) is 0 Å². The summed E-state index contributed by atoms with van der Waals surface area (Å²) >= 11 is 0. The van der Waals surface area contributed by atoms with E-state index in [1.165, 1.54) is 25.4 Å². The van der Waals surface area contributed by atoms with E-state index < -0.39 is 34.5 Å². The molecule has 30 heavy (non-hydrogen) atoms. The smallest absolute Gasteiger partial charge is 0.339 e. The number of aromatic nitrogens is 2. The highest BCUT2D eigenvalue weighted by molar-refractivity contribution is 7.89. The lowest BCUT2D eigenvalue weighted by atomic mass is 10.2. The number of methoxy groups -OCH3 is 1. The van der Waals surface area contributed by atoms with Crippen LogP contribution in [0.2, 0.25) is 0 Å². The van der Waals surface area contributed by atoms with Crippen molar-refractivity contribution in [2.24, 2.45) is 7.05 Å². The first-order valence-corrected chi connectivity index (χ1v) is 10.2. The van der Waals surface area contributed by atoms with Crippen molar-refractivity contribution >= 4 is 33.6 Å². The second-order valence-corrected chi connectivity index (χ2v) is 7.84. The summed E-state index contributed by atoms with van der Waals surface area (Å²) in [7, 11) is -0.984. The Morgan fingerprint density at radius 3 is 2.53 bits per heavy atom. The van der Waals surface area contributed by atoms with E-state index >= 15 is 0 Å². The lowest BCUT2D eigenvalue weighted by Crippen LogP contribution is -2.28. The number of ether oxygens (including phenoxy) is 2. The van der Waals surface area contributed by atoms with Crippen LogP contribution in [-0.2, 0) is 36.1 Å². The van der Waals surface area contributed by atoms with E-state index in [1.54, 1.807) is 30.7 Å². The summed E-state index contributed by atoms with van der Waals surface area (Å²) in [5.74, 6) is -1.54. The predicted molar refractivity (Wildman–Crippen MR) is 105 cm³/mol. The Kier molecular flexibility index (Phi) is 7.66. The lowest BCUT2D eigenvalue weighted by Gasteiger charge is -2.10. The van der Waals surface area contributed by atoms with Crippen LogP contribution in [0.15, 0.2) is 35.5 Å². The fourth-order valence-electron chi connectivity index (χ4n) is 2.30. The molecule has 0 saturated heterocycles. The number of nitrogens with zero attached hydrogens (tertiary/aromatic N) is 2. The minimum atomic E-state index is -3.86. The van der Waals surface area contributed by atoms with Crippen LogP contribution < -0.4 is 10.0 Å². The number of sulfonamides is 1. The number of aryl methyl sites for hydroxylation is 2. The number of amides is 1. The van der Waals surface area contributed by atoms with Gasteiger partial charge in [0.2, 0.25) is 0 Å². The Labute approximate surface area is 173 Å². The van der Waals surface area contributed by atoms with Crippen molar-refractivity contribution in [2.45, 2.75) is 18.4 Å². The molecule has 0 spiro atoms. The zero-order chi connectivity index (χ0) is 22.3.